The Morgan fingerprint density at radius 1 is 1.10 bits per heavy atom. The van der Waals surface area contributed by atoms with Gasteiger partial charge in [0.05, 0.1) is 19.8 Å². The molecule has 0 unspecified atom stereocenters. The van der Waals surface area contributed by atoms with Gasteiger partial charge in [0.15, 0.2) is 11.5 Å². The molecule has 0 heterocycles. The third-order valence-electron chi connectivity index (χ3n) is 3.05. The third kappa shape index (κ3) is 4.63. The first-order valence-electron chi connectivity index (χ1n) is 6.45. The Bertz CT molecular complexity index is 548. The first-order valence-corrected chi connectivity index (χ1v) is 6.45. The highest BCUT2D eigenvalue weighted by atomic mass is 35.5. The molecule has 0 saturated carbocycles. The first kappa shape index (κ1) is 17.3. The van der Waals surface area contributed by atoms with Crippen LogP contribution in [0.15, 0.2) is 48.5 Å². The van der Waals surface area contributed by atoms with Crippen molar-refractivity contribution in [1.29, 1.82) is 0 Å². The van der Waals surface area contributed by atoms with Gasteiger partial charge in [-0.3, -0.25) is 0 Å². The average Bonchev–Trinajstić information content (AvgIpc) is 2.53. The summed E-state index contributed by atoms with van der Waals surface area (Å²) in [6.07, 6.45) is 0. The van der Waals surface area contributed by atoms with E-state index < -0.39 is 6.04 Å². The van der Waals surface area contributed by atoms with Crippen molar-refractivity contribution in [2.75, 3.05) is 13.7 Å². The fraction of sp³-hybridized carbons (Fsp3) is 0.250. The molecule has 4 nitrogen and oxygen atoms in total. The van der Waals surface area contributed by atoms with E-state index in [4.69, 9.17) is 20.3 Å². The Labute approximate surface area is 130 Å². The van der Waals surface area contributed by atoms with Crippen LogP contribution < -0.4 is 15.2 Å². The molecule has 0 aliphatic rings. The van der Waals surface area contributed by atoms with Crippen LogP contribution in [0.3, 0.4) is 0 Å². The minimum atomic E-state index is -0.410. The van der Waals surface area contributed by atoms with Crippen molar-refractivity contribution >= 4 is 12.4 Å². The molecule has 0 aliphatic carbocycles. The molecule has 0 saturated heterocycles. The highest BCUT2D eigenvalue weighted by Gasteiger charge is 2.10. The van der Waals surface area contributed by atoms with Gasteiger partial charge >= 0.3 is 0 Å². The molecule has 21 heavy (non-hydrogen) atoms. The predicted octanol–water partition coefficient (Wildman–Crippen LogP) is 2.69. The third-order valence-corrected chi connectivity index (χ3v) is 3.05. The number of aliphatic hydroxyl groups is 1. The maximum atomic E-state index is 9.08. The minimum Gasteiger partial charge on any atom is -0.493 e. The van der Waals surface area contributed by atoms with Gasteiger partial charge in [-0.05, 0) is 23.3 Å². The van der Waals surface area contributed by atoms with E-state index in [1.165, 1.54) is 0 Å². The Kier molecular flexibility index (Phi) is 7.02. The lowest BCUT2D eigenvalue weighted by molar-refractivity contribution is 0.266. The summed E-state index contributed by atoms with van der Waals surface area (Å²) in [5.74, 6) is 1.27. The van der Waals surface area contributed by atoms with Crippen molar-refractivity contribution in [3.05, 3.63) is 59.7 Å². The monoisotopic (exact) mass is 309 g/mol. The number of ether oxygens (including phenoxy) is 2. The summed E-state index contributed by atoms with van der Waals surface area (Å²) in [4.78, 5) is 0. The van der Waals surface area contributed by atoms with Gasteiger partial charge in [0.1, 0.15) is 6.61 Å². The maximum Gasteiger partial charge on any atom is 0.161 e. The second-order valence-electron chi connectivity index (χ2n) is 4.47. The van der Waals surface area contributed by atoms with Crippen LogP contribution in [0.2, 0.25) is 0 Å². The zero-order valence-electron chi connectivity index (χ0n) is 11.9. The van der Waals surface area contributed by atoms with Gasteiger partial charge in [0, 0.05) is 0 Å². The van der Waals surface area contributed by atoms with Crippen LogP contribution in [0, 0.1) is 0 Å². The van der Waals surface area contributed by atoms with E-state index in [-0.39, 0.29) is 19.0 Å². The van der Waals surface area contributed by atoms with Crippen molar-refractivity contribution in [3.63, 3.8) is 0 Å². The van der Waals surface area contributed by atoms with Gasteiger partial charge in [0.25, 0.3) is 0 Å². The fourth-order valence-corrected chi connectivity index (χ4v) is 1.87. The summed E-state index contributed by atoms with van der Waals surface area (Å²) in [6.45, 7) is 0.371. The van der Waals surface area contributed by atoms with Crippen LogP contribution in [0.4, 0.5) is 0 Å². The molecule has 2 aromatic rings. The molecule has 0 bridgehead atoms. The van der Waals surface area contributed by atoms with Gasteiger partial charge in [-0.25, -0.2) is 0 Å². The molecule has 0 radical (unpaired) electrons. The van der Waals surface area contributed by atoms with Crippen LogP contribution in [0.5, 0.6) is 11.5 Å². The van der Waals surface area contributed by atoms with Crippen molar-refractivity contribution in [2.24, 2.45) is 5.73 Å². The maximum absolute atomic E-state index is 9.08. The SMILES string of the molecule is COc1cc([C@H](N)CO)ccc1OCc1ccccc1.Cl. The number of hydrogen-bond acceptors (Lipinski definition) is 4. The summed E-state index contributed by atoms with van der Waals surface area (Å²) in [6, 6.07) is 14.9. The van der Waals surface area contributed by atoms with Gasteiger partial charge in [-0.1, -0.05) is 36.4 Å². The van der Waals surface area contributed by atoms with E-state index in [1.807, 2.05) is 42.5 Å². The van der Waals surface area contributed by atoms with Crippen LogP contribution in [-0.4, -0.2) is 18.8 Å². The summed E-state index contributed by atoms with van der Waals surface area (Å²) in [5, 5.41) is 9.08. The largest absolute Gasteiger partial charge is 0.493 e. The molecule has 2 rings (SSSR count). The van der Waals surface area contributed by atoms with E-state index in [2.05, 4.69) is 0 Å². The second-order valence-corrected chi connectivity index (χ2v) is 4.47. The van der Waals surface area contributed by atoms with Gasteiger partial charge in [-0.2, -0.15) is 0 Å². The van der Waals surface area contributed by atoms with E-state index in [0.717, 1.165) is 11.1 Å². The summed E-state index contributed by atoms with van der Waals surface area (Å²) in [7, 11) is 1.58. The zero-order valence-corrected chi connectivity index (χ0v) is 12.7. The van der Waals surface area contributed by atoms with E-state index in [9.17, 15) is 0 Å². The second kappa shape index (κ2) is 8.52. The lowest BCUT2D eigenvalue weighted by Crippen LogP contribution is -2.14. The number of rotatable bonds is 6. The molecule has 1 atom stereocenters. The highest BCUT2D eigenvalue weighted by molar-refractivity contribution is 5.85. The molecular weight excluding hydrogens is 290 g/mol. The fourth-order valence-electron chi connectivity index (χ4n) is 1.87. The standard InChI is InChI=1S/C16H19NO3.ClH/c1-19-16-9-13(14(17)10-18)7-8-15(16)20-11-12-5-3-2-4-6-12;/h2-9,14,18H,10-11,17H2,1H3;1H/t14-;/m1./s1. The minimum absolute atomic E-state index is 0. The number of halogens is 1. The molecule has 0 spiro atoms. The molecule has 5 heteroatoms. The van der Waals surface area contributed by atoms with Crippen LogP contribution in [0.25, 0.3) is 0 Å². The van der Waals surface area contributed by atoms with Gasteiger partial charge < -0.3 is 20.3 Å². The van der Waals surface area contributed by atoms with Crippen molar-refractivity contribution in [1.82, 2.24) is 0 Å². The molecule has 3 N–H and O–H groups in total. The summed E-state index contributed by atoms with van der Waals surface area (Å²) in [5.41, 5.74) is 7.69. The molecular formula is C16H20ClNO3. The zero-order chi connectivity index (χ0) is 14.4. The van der Waals surface area contributed by atoms with Crippen LogP contribution in [0.1, 0.15) is 17.2 Å². The summed E-state index contributed by atoms with van der Waals surface area (Å²) >= 11 is 0. The number of methoxy groups -OCH3 is 1. The van der Waals surface area contributed by atoms with E-state index in [0.29, 0.717) is 18.1 Å². The topological polar surface area (TPSA) is 64.7 Å². The smallest absolute Gasteiger partial charge is 0.161 e. The molecule has 0 amide bonds. The lowest BCUT2D eigenvalue weighted by atomic mass is 10.1. The summed E-state index contributed by atoms with van der Waals surface area (Å²) < 4.78 is 11.1. The quantitative estimate of drug-likeness (QED) is 0.861. The number of benzene rings is 2. The number of nitrogens with two attached hydrogens (primary N) is 1. The van der Waals surface area contributed by atoms with E-state index in [1.54, 1.807) is 13.2 Å². The normalized spacial score (nSPS) is 11.4. The Hall–Kier alpha value is -1.75. The van der Waals surface area contributed by atoms with Crippen LogP contribution in [-0.2, 0) is 6.61 Å². The molecule has 2 aromatic carbocycles. The van der Waals surface area contributed by atoms with Gasteiger partial charge in [-0.15, -0.1) is 12.4 Å². The van der Waals surface area contributed by atoms with Gasteiger partial charge in [0.2, 0.25) is 0 Å². The van der Waals surface area contributed by atoms with Crippen LogP contribution >= 0.6 is 12.4 Å². The molecule has 0 aliphatic heterocycles. The van der Waals surface area contributed by atoms with Crippen molar-refractivity contribution in [2.45, 2.75) is 12.6 Å². The van der Waals surface area contributed by atoms with Crippen molar-refractivity contribution in [3.8, 4) is 11.5 Å². The molecule has 114 valence electrons. The van der Waals surface area contributed by atoms with Crippen molar-refractivity contribution < 1.29 is 14.6 Å². The average molecular weight is 310 g/mol. The first-order chi connectivity index (χ1) is 9.74. The molecule has 0 fully saturated rings. The Balaban J connectivity index is 0.00000220. The Morgan fingerprint density at radius 3 is 2.43 bits per heavy atom. The van der Waals surface area contributed by atoms with E-state index >= 15 is 0 Å². The predicted molar refractivity (Wildman–Crippen MR) is 85.0 cm³/mol. The number of aliphatic hydroxyl groups excluding tert-OH is 1. The highest BCUT2D eigenvalue weighted by Crippen LogP contribution is 2.30. The Morgan fingerprint density at radius 2 is 1.81 bits per heavy atom. The lowest BCUT2D eigenvalue weighted by Gasteiger charge is -2.14. The number of hydrogen-bond donors (Lipinski definition) is 2. The molecule has 0 aromatic heterocycles.